The lowest BCUT2D eigenvalue weighted by molar-refractivity contribution is -0.142. The van der Waals surface area contributed by atoms with Gasteiger partial charge in [-0.25, -0.2) is 9.97 Å². The van der Waals surface area contributed by atoms with Crippen LogP contribution in [0.15, 0.2) is 65.4 Å². The fraction of sp³-hybridized carbons (Fsp3) is 0.231. The quantitative estimate of drug-likeness (QED) is 0.237. The van der Waals surface area contributed by atoms with Crippen LogP contribution in [0.25, 0.3) is 22.6 Å². The van der Waals surface area contributed by atoms with Crippen molar-refractivity contribution in [3.63, 3.8) is 0 Å². The van der Waals surface area contributed by atoms with E-state index in [1.54, 1.807) is 6.20 Å². The van der Waals surface area contributed by atoms with Crippen LogP contribution in [0.5, 0.6) is 0 Å². The summed E-state index contributed by atoms with van der Waals surface area (Å²) < 4.78 is 86.4. The molecule has 0 atom stereocenters. The molecule has 7 nitrogen and oxygen atoms in total. The standard InChI is InChI=1S/C26H18F6N6O/c27-25(28,29)16-7-8-18(19(10-16)26(30,31)32)20-11-17(39-36-20)13-37-14-22-21(12-33-37)34-24(35-22)38-9-3-5-15-4-1-2-6-23(15)38/h1-2,4,6-8,10-12,14H,3,5,9,13H2. The highest BCUT2D eigenvalue weighted by Crippen LogP contribution is 2.41. The third-order valence-electron chi connectivity index (χ3n) is 6.46. The van der Waals surface area contributed by atoms with Gasteiger partial charge in [0.2, 0.25) is 5.95 Å². The number of hydrogen-bond donors (Lipinski definition) is 0. The van der Waals surface area contributed by atoms with E-state index in [9.17, 15) is 26.3 Å². The van der Waals surface area contributed by atoms with E-state index >= 15 is 0 Å². The minimum Gasteiger partial charge on any atom is -0.359 e. The van der Waals surface area contributed by atoms with Gasteiger partial charge in [-0.1, -0.05) is 29.4 Å². The number of nitrogens with zero attached hydrogens (tertiary/aromatic N) is 6. The van der Waals surface area contributed by atoms with Gasteiger partial charge in [-0.2, -0.15) is 31.4 Å². The maximum atomic E-state index is 13.6. The molecule has 0 N–H and O–H groups in total. The molecule has 3 aliphatic rings. The van der Waals surface area contributed by atoms with Crippen LogP contribution in [-0.4, -0.2) is 31.4 Å². The third kappa shape index (κ3) is 4.79. The van der Waals surface area contributed by atoms with Crippen molar-refractivity contribution < 1.29 is 30.9 Å². The molecule has 39 heavy (non-hydrogen) atoms. The summed E-state index contributed by atoms with van der Waals surface area (Å²) in [5.41, 5.74) is -0.225. The van der Waals surface area contributed by atoms with Crippen molar-refractivity contribution in [1.82, 2.24) is 24.9 Å². The number of benzene rings is 2. The minimum atomic E-state index is -5.03. The molecule has 0 saturated carbocycles. The van der Waals surface area contributed by atoms with Crippen molar-refractivity contribution in [1.29, 1.82) is 0 Å². The Labute approximate surface area is 217 Å². The summed E-state index contributed by atoms with van der Waals surface area (Å²) in [5, 5.41) is 7.95. The topological polar surface area (TPSA) is 72.9 Å². The Morgan fingerprint density at radius 3 is 2.46 bits per heavy atom. The predicted molar refractivity (Wildman–Crippen MR) is 127 cm³/mol. The monoisotopic (exact) mass is 544 g/mol. The first kappa shape index (κ1) is 24.9. The molecule has 0 bridgehead atoms. The summed E-state index contributed by atoms with van der Waals surface area (Å²) in [6.07, 6.45) is -4.86. The molecule has 4 heterocycles. The van der Waals surface area contributed by atoms with Crippen LogP contribution >= 0.6 is 0 Å². The molecule has 2 aromatic carbocycles. The predicted octanol–water partition coefficient (Wildman–Crippen LogP) is 6.60. The summed E-state index contributed by atoms with van der Waals surface area (Å²) in [5.74, 6) is 0.695. The number of alkyl halides is 6. The summed E-state index contributed by atoms with van der Waals surface area (Å²) >= 11 is 0. The average molecular weight is 544 g/mol. The fourth-order valence-corrected chi connectivity index (χ4v) is 4.65. The van der Waals surface area contributed by atoms with E-state index in [0.29, 0.717) is 23.4 Å². The highest BCUT2D eigenvalue weighted by molar-refractivity contribution is 5.68. The zero-order valence-corrected chi connectivity index (χ0v) is 20.0. The molecule has 0 spiro atoms. The van der Waals surface area contributed by atoms with Gasteiger partial charge < -0.3 is 9.42 Å². The lowest BCUT2D eigenvalue weighted by Crippen LogP contribution is -2.25. The Bertz CT molecular complexity index is 1620. The second-order valence-corrected chi connectivity index (χ2v) is 9.08. The van der Waals surface area contributed by atoms with Crippen LogP contribution in [0.4, 0.5) is 38.0 Å². The zero-order valence-electron chi connectivity index (χ0n) is 20.0. The molecule has 3 aromatic rings. The molecule has 13 heteroatoms. The lowest BCUT2D eigenvalue weighted by Gasteiger charge is -2.28. The molecule has 6 rings (SSSR count). The first-order chi connectivity index (χ1) is 18.6. The van der Waals surface area contributed by atoms with Crippen LogP contribution in [0.3, 0.4) is 0 Å². The van der Waals surface area contributed by atoms with Crippen molar-refractivity contribution in [3.05, 3.63) is 83.4 Å². The van der Waals surface area contributed by atoms with Gasteiger partial charge in [-0.3, -0.25) is 4.68 Å². The lowest BCUT2D eigenvalue weighted by atomic mass is 10.0. The molecule has 3 aliphatic heterocycles. The first-order valence-electron chi connectivity index (χ1n) is 11.9. The van der Waals surface area contributed by atoms with Gasteiger partial charge in [0.1, 0.15) is 23.6 Å². The highest BCUT2D eigenvalue weighted by atomic mass is 19.4. The van der Waals surface area contributed by atoms with E-state index in [1.807, 2.05) is 23.1 Å². The number of imidazole rings is 1. The summed E-state index contributed by atoms with van der Waals surface area (Å²) in [6, 6.07) is 10.7. The summed E-state index contributed by atoms with van der Waals surface area (Å²) in [6.45, 7) is 0.769. The van der Waals surface area contributed by atoms with Crippen molar-refractivity contribution in [2.24, 2.45) is 0 Å². The van der Waals surface area contributed by atoms with Gasteiger partial charge in [-0.15, -0.1) is 0 Å². The maximum Gasteiger partial charge on any atom is 0.417 e. The molecule has 0 aliphatic carbocycles. The van der Waals surface area contributed by atoms with Crippen molar-refractivity contribution in [3.8, 4) is 22.6 Å². The second kappa shape index (κ2) is 9.10. The Hall–Kier alpha value is -4.42. The number of rotatable bonds is 4. The van der Waals surface area contributed by atoms with Crippen LogP contribution in [0, 0.1) is 0 Å². The van der Waals surface area contributed by atoms with Crippen LogP contribution in [0.1, 0.15) is 28.9 Å². The van der Waals surface area contributed by atoms with E-state index in [-0.39, 0.29) is 24.1 Å². The zero-order chi connectivity index (χ0) is 27.4. The number of halogens is 6. The number of para-hydroxylation sites is 1. The Balaban J connectivity index is 1.27. The number of anilines is 2. The normalized spacial score (nSPS) is 14.2. The molecule has 0 unspecified atom stereocenters. The highest BCUT2D eigenvalue weighted by Gasteiger charge is 2.39. The first-order valence-corrected chi connectivity index (χ1v) is 11.9. The molecular formula is C26H18F6N6O. The smallest absolute Gasteiger partial charge is 0.359 e. The molecule has 0 fully saturated rings. The number of aryl methyl sites for hydroxylation is 1. The fourth-order valence-electron chi connectivity index (χ4n) is 4.65. The molecule has 0 saturated heterocycles. The van der Waals surface area contributed by atoms with Gasteiger partial charge in [0.15, 0.2) is 5.76 Å². The third-order valence-corrected chi connectivity index (χ3v) is 6.46. The van der Waals surface area contributed by atoms with Gasteiger partial charge in [-0.05, 0) is 36.6 Å². The summed E-state index contributed by atoms with van der Waals surface area (Å²) in [4.78, 5) is 11.3. The Morgan fingerprint density at radius 2 is 1.67 bits per heavy atom. The van der Waals surface area contributed by atoms with Crippen molar-refractivity contribution in [2.45, 2.75) is 31.7 Å². The van der Waals surface area contributed by atoms with Crippen LogP contribution in [0.2, 0.25) is 0 Å². The largest absolute Gasteiger partial charge is 0.417 e. The van der Waals surface area contributed by atoms with E-state index in [1.165, 1.54) is 22.5 Å². The molecule has 0 amide bonds. The van der Waals surface area contributed by atoms with E-state index in [2.05, 4.69) is 26.3 Å². The number of aromatic nitrogens is 5. The van der Waals surface area contributed by atoms with Gasteiger partial charge in [0, 0.05) is 23.9 Å². The number of hydrogen-bond acceptors (Lipinski definition) is 6. The van der Waals surface area contributed by atoms with Crippen LogP contribution < -0.4 is 4.90 Å². The van der Waals surface area contributed by atoms with Crippen molar-refractivity contribution >= 4 is 11.6 Å². The van der Waals surface area contributed by atoms with E-state index < -0.39 is 29.0 Å². The molecule has 0 radical (unpaired) electrons. The Morgan fingerprint density at radius 1 is 0.872 bits per heavy atom. The summed E-state index contributed by atoms with van der Waals surface area (Å²) in [7, 11) is 0. The Kier molecular flexibility index (Phi) is 5.81. The molecule has 200 valence electrons. The minimum absolute atomic E-state index is 0.000330. The molecular weight excluding hydrogens is 526 g/mol. The second-order valence-electron chi connectivity index (χ2n) is 9.08. The van der Waals surface area contributed by atoms with Crippen molar-refractivity contribution in [2.75, 3.05) is 11.4 Å². The van der Waals surface area contributed by atoms with Crippen LogP contribution in [-0.2, 0) is 25.3 Å². The average Bonchev–Trinajstić information content (AvgIpc) is 3.54. The number of fused-ring (bicyclic) bond motifs is 2. The molecule has 1 aromatic heterocycles. The maximum absolute atomic E-state index is 13.6. The SMILES string of the molecule is FC(F)(F)c1ccc(-c2cc(Cn3cc4nc(N5CCCc6ccccc65)nc-4cn3)on2)c(C(F)(F)F)c1. The van der Waals surface area contributed by atoms with Gasteiger partial charge >= 0.3 is 12.4 Å². The van der Waals surface area contributed by atoms with Gasteiger partial charge in [0.25, 0.3) is 0 Å². The van der Waals surface area contributed by atoms with Gasteiger partial charge in [0.05, 0.1) is 23.5 Å². The van der Waals surface area contributed by atoms with E-state index in [4.69, 9.17) is 4.52 Å². The van der Waals surface area contributed by atoms with E-state index in [0.717, 1.165) is 31.1 Å².